The van der Waals surface area contributed by atoms with Crippen molar-refractivity contribution in [2.75, 3.05) is 6.54 Å². The first kappa shape index (κ1) is 17.3. The maximum atomic E-state index is 12.2. The van der Waals surface area contributed by atoms with Gasteiger partial charge in [0.2, 0.25) is 5.91 Å². The van der Waals surface area contributed by atoms with E-state index in [-0.39, 0.29) is 11.4 Å². The highest BCUT2D eigenvalue weighted by Gasteiger charge is 2.28. The molecule has 0 aliphatic heterocycles. The third-order valence-corrected chi connectivity index (χ3v) is 5.16. The molecule has 0 radical (unpaired) electrons. The number of rotatable bonds is 7. The van der Waals surface area contributed by atoms with Crippen LogP contribution in [0.2, 0.25) is 5.02 Å². The molecule has 1 saturated carbocycles. The molecule has 0 atom stereocenters. The van der Waals surface area contributed by atoms with Crippen LogP contribution in [0.15, 0.2) is 24.3 Å². The molecular weight excluding hydrogens is 296 g/mol. The summed E-state index contributed by atoms with van der Waals surface area (Å²) in [5.41, 5.74) is 1.02. The Balaban J connectivity index is 1.98. The first-order chi connectivity index (χ1) is 10.6. The molecule has 0 spiro atoms. The molecule has 122 valence electrons. The standard InChI is InChI=1S/C18H27ClN2O/c1-3-18(4-2,14-9-11-15(19)12-10-14)20-13-17(22)21-16-7-5-6-8-16/h9-12,16,20H,3-8,13H2,1-2H3,(H,21,22). The van der Waals surface area contributed by atoms with Crippen LogP contribution in [0.1, 0.15) is 57.9 Å². The fourth-order valence-corrected chi connectivity index (χ4v) is 3.50. The Bertz CT molecular complexity index is 476. The van der Waals surface area contributed by atoms with Gasteiger partial charge >= 0.3 is 0 Å². The smallest absolute Gasteiger partial charge is 0.234 e. The highest BCUT2D eigenvalue weighted by atomic mass is 35.5. The van der Waals surface area contributed by atoms with E-state index >= 15 is 0 Å². The lowest BCUT2D eigenvalue weighted by Crippen LogP contribution is -2.48. The monoisotopic (exact) mass is 322 g/mol. The van der Waals surface area contributed by atoms with Crippen molar-refractivity contribution in [1.29, 1.82) is 0 Å². The van der Waals surface area contributed by atoms with Gasteiger partial charge in [0.25, 0.3) is 0 Å². The van der Waals surface area contributed by atoms with Gasteiger partial charge in [-0.2, -0.15) is 0 Å². The summed E-state index contributed by atoms with van der Waals surface area (Å²) in [4.78, 5) is 12.2. The number of amides is 1. The molecule has 0 bridgehead atoms. The van der Waals surface area contributed by atoms with Crippen LogP contribution in [0.25, 0.3) is 0 Å². The number of hydrogen-bond donors (Lipinski definition) is 2. The van der Waals surface area contributed by atoms with Crippen molar-refractivity contribution in [2.45, 2.75) is 64.0 Å². The van der Waals surface area contributed by atoms with Crippen LogP contribution in [-0.2, 0) is 10.3 Å². The molecule has 22 heavy (non-hydrogen) atoms. The Morgan fingerprint density at radius 1 is 1.18 bits per heavy atom. The highest BCUT2D eigenvalue weighted by molar-refractivity contribution is 6.30. The van der Waals surface area contributed by atoms with E-state index in [1.54, 1.807) is 0 Å². The number of nitrogens with one attached hydrogen (secondary N) is 2. The molecule has 2 rings (SSSR count). The van der Waals surface area contributed by atoms with E-state index in [0.717, 1.165) is 30.7 Å². The van der Waals surface area contributed by atoms with Crippen molar-refractivity contribution in [1.82, 2.24) is 10.6 Å². The summed E-state index contributed by atoms with van der Waals surface area (Å²) in [6, 6.07) is 8.31. The van der Waals surface area contributed by atoms with E-state index in [1.807, 2.05) is 12.1 Å². The summed E-state index contributed by atoms with van der Waals surface area (Å²) >= 11 is 5.99. The SMILES string of the molecule is CCC(CC)(NCC(=O)NC1CCCC1)c1ccc(Cl)cc1. The lowest BCUT2D eigenvalue weighted by molar-refractivity contribution is -0.121. The Hall–Kier alpha value is -1.06. The van der Waals surface area contributed by atoms with Crippen molar-refractivity contribution >= 4 is 17.5 Å². The molecule has 1 aromatic carbocycles. The average molecular weight is 323 g/mol. The van der Waals surface area contributed by atoms with Gasteiger partial charge in [-0.3, -0.25) is 10.1 Å². The van der Waals surface area contributed by atoms with E-state index in [2.05, 4.69) is 36.6 Å². The second kappa shape index (κ2) is 7.98. The van der Waals surface area contributed by atoms with Crippen molar-refractivity contribution in [3.63, 3.8) is 0 Å². The Morgan fingerprint density at radius 2 is 1.77 bits per heavy atom. The third kappa shape index (κ3) is 4.23. The lowest BCUT2D eigenvalue weighted by Gasteiger charge is -2.34. The second-order valence-corrected chi connectivity index (χ2v) is 6.63. The molecule has 0 heterocycles. The van der Waals surface area contributed by atoms with Gasteiger partial charge in [0.15, 0.2) is 0 Å². The molecule has 1 aliphatic rings. The largest absolute Gasteiger partial charge is 0.352 e. The molecule has 0 saturated heterocycles. The van der Waals surface area contributed by atoms with Crippen molar-refractivity contribution in [2.24, 2.45) is 0 Å². The summed E-state index contributed by atoms with van der Waals surface area (Å²) in [6.07, 6.45) is 6.57. The van der Waals surface area contributed by atoms with Crippen molar-refractivity contribution in [3.8, 4) is 0 Å². The zero-order chi connectivity index (χ0) is 16.0. The van der Waals surface area contributed by atoms with Gasteiger partial charge in [-0.15, -0.1) is 0 Å². The van der Waals surface area contributed by atoms with Crippen LogP contribution in [0.5, 0.6) is 0 Å². The van der Waals surface area contributed by atoms with Crippen LogP contribution < -0.4 is 10.6 Å². The van der Waals surface area contributed by atoms with Crippen LogP contribution >= 0.6 is 11.6 Å². The van der Waals surface area contributed by atoms with Gasteiger partial charge < -0.3 is 5.32 Å². The predicted molar refractivity (Wildman–Crippen MR) is 92.1 cm³/mol. The molecule has 1 aliphatic carbocycles. The predicted octanol–water partition coefficient (Wildman–Crippen LogP) is 4.00. The van der Waals surface area contributed by atoms with E-state index in [4.69, 9.17) is 11.6 Å². The van der Waals surface area contributed by atoms with E-state index in [1.165, 1.54) is 18.4 Å². The number of hydrogen-bond acceptors (Lipinski definition) is 2. The number of carbonyl (C=O) groups excluding carboxylic acids is 1. The maximum absolute atomic E-state index is 12.2. The van der Waals surface area contributed by atoms with E-state index in [9.17, 15) is 4.79 Å². The number of halogens is 1. The zero-order valence-corrected chi connectivity index (χ0v) is 14.4. The molecule has 1 aromatic rings. The maximum Gasteiger partial charge on any atom is 0.234 e. The zero-order valence-electron chi connectivity index (χ0n) is 13.6. The summed E-state index contributed by atoms with van der Waals surface area (Å²) in [5.74, 6) is 0.104. The molecule has 3 nitrogen and oxygen atoms in total. The van der Waals surface area contributed by atoms with Gasteiger partial charge in [0, 0.05) is 16.6 Å². The van der Waals surface area contributed by atoms with Crippen LogP contribution in [0, 0.1) is 0 Å². The molecule has 0 aromatic heterocycles. The van der Waals surface area contributed by atoms with E-state index < -0.39 is 0 Å². The average Bonchev–Trinajstić information content (AvgIpc) is 3.03. The van der Waals surface area contributed by atoms with E-state index in [0.29, 0.717) is 12.6 Å². The minimum atomic E-state index is -0.169. The van der Waals surface area contributed by atoms with Gasteiger partial charge in [-0.25, -0.2) is 0 Å². The van der Waals surface area contributed by atoms with Gasteiger partial charge in [0.05, 0.1) is 6.54 Å². The number of benzene rings is 1. The summed E-state index contributed by atoms with van der Waals surface area (Å²) in [7, 11) is 0. The second-order valence-electron chi connectivity index (χ2n) is 6.20. The van der Waals surface area contributed by atoms with Gasteiger partial charge in [-0.05, 0) is 43.4 Å². The molecule has 2 N–H and O–H groups in total. The van der Waals surface area contributed by atoms with Crippen LogP contribution in [0.3, 0.4) is 0 Å². The molecule has 1 fully saturated rings. The fraction of sp³-hybridized carbons (Fsp3) is 0.611. The first-order valence-electron chi connectivity index (χ1n) is 8.40. The Morgan fingerprint density at radius 3 is 2.32 bits per heavy atom. The minimum Gasteiger partial charge on any atom is -0.352 e. The molecular formula is C18H27ClN2O. The fourth-order valence-electron chi connectivity index (χ4n) is 3.38. The van der Waals surface area contributed by atoms with Crippen LogP contribution in [-0.4, -0.2) is 18.5 Å². The molecule has 4 heteroatoms. The normalized spacial score (nSPS) is 16.0. The Kier molecular flexibility index (Phi) is 6.27. The summed E-state index contributed by atoms with van der Waals surface area (Å²) < 4.78 is 0. The minimum absolute atomic E-state index is 0.104. The Labute approximate surface area is 138 Å². The highest BCUT2D eigenvalue weighted by Crippen LogP contribution is 2.29. The van der Waals surface area contributed by atoms with Crippen LogP contribution in [0.4, 0.5) is 0 Å². The first-order valence-corrected chi connectivity index (χ1v) is 8.78. The molecule has 0 unspecified atom stereocenters. The quantitative estimate of drug-likeness (QED) is 0.796. The van der Waals surface area contributed by atoms with Gasteiger partial charge in [0.1, 0.15) is 0 Å². The van der Waals surface area contributed by atoms with Crippen molar-refractivity contribution in [3.05, 3.63) is 34.9 Å². The topological polar surface area (TPSA) is 41.1 Å². The number of carbonyl (C=O) groups is 1. The van der Waals surface area contributed by atoms with Gasteiger partial charge in [-0.1, -0.05) is 50.4 Å². The van der Waals surface area contributed by atoms with Crippen molar-refractivity contribution < 1.29 is 4.79 Å². The summed E-state index contributed by atoms with van der Waals surface area (Å²) in [5, 5.41) is 7.36. The lowest BCUT2D eigenvalue weighted by atomic mass is 9.84. The third-order valence-electron chi connectivity index (χ3n) is 4.91. The summed E-state index contributed by atoms with van der Waals surface area (Å²) in [6.45, 7) is 4.67. The molecule has 1 amide bonds.